The first-order valence-corrected chi connectivity index (χ1v) is 9.83. The summed E-state index contributed by atoms with van der Waals surface area (Å²) in [6.07, 6.45) is 5.46. The quantitative estimate of drug-likeness (QED) is 0.267. The van der Waals surface area contributed by atoms with Gasteiger partial charge >= 0.3 is 0 Å². The first-order chi connectivity index (χ1) is 11.3. The Bertz CT molecular complexity index is 665. The highest BCUT2D eigenvalue weighted by Gasteiger charge is 2.23. The fourth-order valence-corrected chi connectivity index (χ4v) is 4.56. The van der Waals surface area contributed by atoms with Crippen molar-refractivity contribution < 1.29 is 4.74 Å². The van der Waals surface area contributed by atoms with E-state index < -0.39 is 0 Å². The second kappa shape index (κ2) is 9.22. The highest BCUT2D eigenvalue weighted by atomic mass is 35.5. The molecule has 0 aliphatic rings. The molecule has 0 amide bonds. The zero-order valence-corrected chi connectivity index (χ0v) is 17.5. The van der Waals surface area contributed by atoms with Gasteiger partial charge in [-0.3, -0.25) is 0 Å². The molecule has 0 spiro atoms. The molecule has 2 aromatic rings. The number of benzene rings is 1. The Hall–Kier alpha value is 0.190. The van der Waals surface area contributed by atoms with Crippen LogP contribution in [0.5, 0.6) is 0 Å². The summed E-state index contributed by atoms with van der Waals surface area (Å²) in [7, 11) is 0. The van der Waals surface area contributed by atoms with Crippen LogP contribution in [-0.4, -0.2) is 27.5 Å². The number of aromatic nitrogens is 2. The van der Waals surface area contributed by atoms with Crippen LogP contribution < -0.4 is 0 Å². The van der Waals surface area contributed by atoms with Gasteiger partial charge < -0.3 is 9.30 Å². The van der Waals surface area contributed by atoms with Gasteiger partial charge in [-0.15, -0.1) is 11.8 Å². The lowest BCUT2D eigenvalue weighted by Crippen LogP contribution is -2.21. The van der Waals surface area contributed by atoms with E-state index in [-0.39, 0.29) is 26.4 Å². The molecule has 0 bridgehead atoms. The summed E-state index contributed by atoms with van der Waals surface area (Å²) in [5.74, 6) is 0. The first-order valence-electron chi connectivity index (χ1n) is 7.06. The van der Waals surface area contributed by atoms with E-state index in [0.717, 1.165) is 0 Å². The fraction of sp³-hybridized carbons (Fsp3) is 0.400. The molecular formula is C15H15Cl5N2OS. The second-order valence-corrected chi connectivity index (χ2v) is 8.48. The molecule has 1 atom stereocenters. The van der Waals surface area contributed by atoms with Crippen molar-refractivity contribution in [3.63, 3.8) is 0 Å². The minimum absolute atomic E-state index is 0.0323. The van der Waals surface area contributed by atoms with Gasteiger partial charge in [0, 0.05) is 23.8 Å². The zero-order chi connectivity index (χ0) is 17.9. The number of halogens is 5. The topological polar surface area (TPSA) is 27.1 Å². The van der Waals surface area contributed by atoms with E-state index in [2.05, 4.69) is 4.98 Å². The summed E-state index contributed by atoms with van der Waals surface area (Å²) in [5, 5.41) is 1.16. The average molecular weight is 449 g/mol. The van der Waals surface area contributed by atoms with Gasteiger partial charge in [-0.05, 0) is 13.8 Å². The number of imidazole rings is 1. The van der Waals surface area contributed by atoms with Crippen molar-refractivity contribution in [1.29, 1.82) is 0 Å². The molecule has 0 saturated carbocycles. The van der Waals surface area contributed by atoms with Crippen LogP contribution in [0, 0.1) is 0 Å². The summed E-state index contributed by atoms with van der Waals surface area (Å²) in [6.45, 7) is 5.14. The molecule has 0 fully saturated rings. The van der Waals surface area contributed by atoms with Crippen molar-refractivity contribution in [2.24, 2.45) is 0 Å². The zero-order valence-electron chi connectivity index (χ0n) is 12.9. The van der Waals surface area contributed by atoms with Crippen LogP contribution >= 0.6 is 69.8 Å². The molecule has 1 unspecified atom stereocenters. The van der Waals surface area contributed by atoms with Gasteiger partial charge in [0.15, 0.2) is 0 Å². The average Bonchev–Trinajstić information content (AvgIpc) is 3.05. The minimum atomic E-state index is 0.0323. The molecule has 2 rings (SSSR count). The highest BCUT2D eigenvalue weighted by Crippen LogP contribution is 2.48. The molecule has 1 heterocycles. The number of hydrogen-bond donors (Lipinski definition) is 0. The molecule has 0 radical (unpaired) electrons. The van der Waals surface area contributed by atoms with Crippen molar-refractivity contribution >= 4 is 69.8 Å². The number of hydrogen-bond acceptors (Lipinski definition) is 3. The smallest absolute Gasteiger partial charge is 0.0946 e. The lowest BCUT2D eigenvalue weighted by Gasteiger charge is -2.21. The van der Waals surface area contributed by atoms with Gasteiger partial charge in [0.05, 0.1) is 49.4 Å². The van der Waals surface area contributed by atoms with E-state index >= 15 is 0 Å². The summed E-state index contributed by atoms with van der Waals surface area (Å²) in [5.41, 5.74) is 0. The standard InChI is InChI=1S/C15H15Cl5N2OS/c1-8(2)23-6-9(5-22-4-3-21-7-22)24-15-13(19)11(17)10(16)12(18)14(15)20/h3-4,7-9H,5-6H2,1-2H3. The maximum Gasteiger partial charge on any atom is 0.0946 e. The molecule has 24 heavy (non-hydrogen) atoms. The monoisotopic (exact) mass is 446 g/mol. The number of nitrogens with zero attached hydrogens (tertiary/aromatic N) is 2. The maximum atomic E-state index is 6.32. The second-order valence-electron chi connectivity index (χ2n) is 5.28. The van der Waals surface area contributed by atoms with E-state index in [4.69, 9.17) is 62.7 Å². The number of ether oxygens (including phenoxy) is 1. The largest absolute Gasteiger partial charge is 0.378 e. The molecule has 1 aromatic carbocycles. The summed E-state index contributed by atoms with van der Waals surface area (Å²) in [6, 6.07) is 0. The van der Waals surface area contributed by atoms with Crippen LogP contribution in [-0.2, 0) is 11.3 Å². The van der Waals surface area contributed by atoms with Gasteiger partial charge in [0.25, 0.3) is 0 Å². The lowest BCUT2D eigenvalue weighted by atomic mass is 10.3. The SMILES string of the molecule is CC(C)OCC(Cn1ccnc1)Sc1c(Cl)c(Cl)c(Cl)c(Cl)c1Cl. The normalized spacial score (nSPS) is 12.8. The van der Waals surface area contributed by atoms with Gasteiger partial charge in [-0.2, -0.15) is 0 Å². The summed E-state index contributed by atoms with van der Waals surface area (Å²) in [4.78, 5) is 4.65. The van der Waals surface area contributed by atoms with E-state index in [1.54, 1.807) is 12.5 Å². The van der Waals surface area contributed by atoms with E-state index in [1.807, 2.05) is 24.6 Å². The van der Waals surface area contributed by atoms with Crippen molar-refractivity contribution in [2.75, 3.05) is 6.61 Å². The predicted octanol–water partition coefficient (Wildman–Crippen LogP) is 6.74. The van der Waals surface area contributed by atoms with Gasteiger partial charge in [0.2, 0.25) is 0 Å². The third kappa shape index (κ3) is 5.10. The van der Waals surface area contributed by atoms with E-state index in [9.17, 15) is 0 Å². The van der Waals surface area contributed by atoms with Crippen LogP contribution in [0.3, 0.4) is 0 Å². The Morgan fingerprint density at radius 2 is 1.62 bits per heavy atom. The summed E-state index contributed by atoms with van der Waals surface area (Å²) < 4.78 is 7.72. The number of rotatable bonds is 7. The maximum absolute atomic E-state index is 6.32. The van der Waals surface area contributed by atoms with Gasteiger partial charge in [0.1, 0.15) is 0 Å². The summed E-state index contributed by atoms with van der Waals surface area (Å²) >= 11 is 32.4. The number of thioether (sulfide) groups is 1. The highest BCUT2D eigenvalue weighted by molar-refractivity contribution is 8.00. The van der Waals surface area contributed by atoms with Crippen LogP contribution in [0.25, 0.3) is 0 Å². The Morgan fingerprint density at radius 1 is 1.04 bits per heavy atom. The molecule has 0 aliphatic carbocycles. The van der Waals surface area contributed by atoms with Crippen LogP contribution in [0.1, 0.15) is 13.8 Å². The molecule has 1 aromatic heterocycles. The van der Waals surface area contributed by atoms with Crippen LogP contribution in [0.2, 0.25) is 25.1 Å². The fourth-order valence-electron chi connectivity index (χ4n) is 1.91. The van der Waals surface area contributed by atoms with Crippen LogP contribution in [0.15, 0.2) is 23.6 Å². The Morgan fingerprint density at radius 3 is 2.12 bits per heavy atom. The van der Waals surface area contributed by atoms with Crippen molar-refractivity contribution in [1.82, 2.24) is 9.55 Å². The van der Waals surface area contributed by atoms with Crippen molar-refractivity contribution in [3.05, 3.63) is 43.8 Å². The van der Waals surface area contributed by atoms with Crippen molar-refractivity contribution in [2.45, 2.75) is 36.6 Å². The van der Waals surface area contributed by atoms with Crippen LogP contribution in [0.4, 0.5) is 0 Å². The Balaban J connectivity index is 2.28. The molecule has 0 saturated heterocycles. The van der Waals surface area contributed by atoms with E-state index in [0.29, 0.717) is 28.1 Å². The van der Waals surface area contributed by atoms with Gasteiger partial charge in [-0.1, -0.05) is 58.0 Å². The predicted molar refractivity (Wildman–Crippen MR) is 104 cm³/mol. The molecule has 0 aliphatic heterocycles. The lowest BCUT2D eigenvalue weighted by molar-refractivity contribution is 0.0778. The minimum Gasteiger partial charge on any atom is -0.378 e. The first kappa shape index (κ1) is 20.5. The third-order valence-electron chi connectivity index (χ3n) is 3.04. The Kier molecular flexibility index (Phi) is 7.88. The van der Waals surface area contributed by atoms with Gasteiger partial charge in [-0.25, -0.2) is 4.98 Å². The molecule has 0 N–H and O–H groups in total. The third-order valence-corrected chi connectivity index (χ3v) is 6.81. The Labute approximate surface area is 170 Å². The van der Waals surface area contributed by atoms with E-state index in [1.165, 1.54) is 11.8 Å². The molecule has 9 heteroatoms. The molecule has 3 nitrogen and oxygen atoms in total. The molecular weight excluding hydrogens is 434 g/mol. The van der Waals surface area contributed by atoms with Crippen molar-refractivity contribution in [3.8, 4) is 0 Å². The molecule has 132 valence electrons.